The van der Waals surface area contributed by atoms with E-state index in [4.69, 9.17) is 0 Å². The summed E-state index contributed by atoms with van der Waals surface area (Å²) in [6.45, 7) is 3.19. The lowest BCUT2D eigenvalue weighted by molar-refractivity contribution is 0.348. The topological polar surface area (TPSA) is 58.9 Å². The first kappa shape index (κ1) is 13.0. The summed E-state index contributed by atoms with van der Waals surface area (Å²) >= 11 is 0. The van der Waals surface area contributed by atoms with Gasteiger partial charge < -0.3 is 10.2 Å². The van der Waals surface area contributed by atoms with Gasteiger partial charge in [-0.1, -0.05) is 0 Å². The quantitative estimate of drug-likeness (QED) is 0.926. The maximum Gasteiger partial charge on any atom is 0.163 e. The molecule has 2 fully saturated rings. The van der Waals surface area contributed by atoms with Crippen LogP contribution in [0.15, 0.2) is 12.5 Å². The van der Waals surface area contributed by atoms with E-state index >= 15 is 0 Å². The van der Waals surface area contributed by atoms with Crippen molar-refractivity contribution in [3.05, 3.63) is 12.5 Å². The molecule has 6 nitrogen and oxygen atoms in total. The molecule has 0 aliphatic carbocycles. The van der Waals surface area contributed by atoms with Gasteiger partial charge in [0, 0.05) is 31.7 Å². The molecule has 2 aromatic rings. The number of hydrogen-bond donors (Lipinski definition) is 1. The van der Waals surface area contributed by atoms with E-state index in [0.717, 1.165) is 23.4 Å². The van der Waals surface area contributed by atoms with Gasteiger partial charge >= 0.3 is 0 Å². The van der Waals surface area contributed by atoms with Gasteiger partial charge in [-0.15, -0.1) is 0 Å². The number of aromatic nitrogens is 4. The Morgan fingerprint density at radius 1 is 1.29 bits per heavy atom. The van der Waals surface area contributed by atoms with Crippen molar-refractivity contribution in [3.63, 3.8) is 0 Å². The van der Waals surface area contributed by atoms with Gasteiger partial charge in [-0.2, -0.15) is 5.10 Å². The Bertz CT molecular complexity index is 639. The van der Waals surface area contributed by atoms with Gasteiger partial charge in [-0.3, -0.25) is 4.68 Å². The Labute approximate surface area is 124 Å². The molecule has 2 saturated heterocycles. The summed E-state index contributed by atoms with van der Waals surface area (Å²) in [5.74, 6) is 1.04. The fraction of sp³-hybridized carbons (Fsp3) is 0.667. The van der Waals surface area contributed by atoms with Gasteiger partial charge in [0.2, 0.25) is 0 Å². The number of aryl methyl sites for hydroxylation is 1. The van der Waals surface area contributed by atoms with E-state index in [1.807, 2.05) is 17.9 Å². The molecule has 2 unspecified atom stereocenters. The molecule has 2 aromatic heterocycles. The fourth-order valence-corrected chi connectivity index (χ4v) is 4.04. The summed E-state index contributed by atoms with van der Waals surface area (Å²) in [6, 6.07) is 1.95. The average molecular weight is 286 g/mol. The van der Waals surface area contributed by atoms with Crippen molar-refractivity contribution in [2.75, 3.05) is 11.4 Å². The van der Waals surface area contributed by atoms with Crippen molar-refractivity contribution in [2.45, 2.75) is 50.7 Å². The largest absolute Gasteiger partial charge is 0.353 e. The zero-order valence-electron chi connectivity index (χ0n) is 12.7. The van der Waals surface area contributed by atoms with Crippen LogP contribution >= 0.6 is 0 Å². The molecule has 0 saturated carbocycles. The summed E-state index contributed by atoms with van der Waals surface area (Å²) in [5, 5.41) is 9.11. The first-order valence-corrected chi connectivity index (χ1v) is 7.91. The number of nitrogens with zero attached hydrogens (tertiary/aromatic N) is 5. The third-order valence-corrected chi connectivity index (χ3v) is 5.01. The van der Waals surface area contributed by atoms with Crippen LogP contribution in [-0.4, -0.2) is 44.4 Å². The molecule has 4 heterocycles. The fourth-order valence-electron chi connectivity index (χ4n) is 4.04. The summed E-state index contributed by atoms with van der Waals surface area (Å²) < 4.78 is 1.82. The third-order valence-electron chi connectivity index (χ3n) is 5.01. The average Bonchev–Trinajstić information content (AvgIpc) is 3.04. The second-order valence-electron chi connectivity index (χ2n) is 6.25. The van der Waals surface area contributed by atoms with Crippen molar-refractivity contribution in [1.29, 1.82) is 0 Å². The van der Waals surface area contributed by atoms with E-state index in [1.54, 1.807) is 6.33 Å². The van der Waals surface area contributed by atoms with E-state index in [9.17, 15) is 0 Å². The Hall–Kier alpha value is -1.69. The molecule has 21 heavy (non-hydrogen) atoms. The van der Waals surface area contributed by atoms with E-state index in [2.05, 4.69) is 32.2 Å². The maximum atomic E-state index is 4.58. The lowest BCUT2D eigenvalue weighted by Gasteiger charge is -2.38. The van der Waals surface area contributed by atoms with Crippen molar-refractivity contribution >= 4 is 16.9 Å². The highest BCUT2D eigenvalue weighted by molar-refractivity contribution is 5.86. The van der Waals surface area contributed by atoms with E-state index in [-0.39, 0.29) is 0 Å². The predicted octanol–water partition coefficient (Wildman–Crippen LogP) is 1.47. The van der Waals surface area contributed by atoms with Crippen molar-refractivity contribution in [3.8, 4) is 0 Å². The van der Waals surface area contributed by atoms with Gasteiger partial charge in [0.25, 0.3) is 0 Å². The molecule has 2 aliphatic heterocycles. The summed E-state index contributed by atoms with van der Waals surface area (Å²) in [4.78, 5) is 11.4. The first-order valence-electron chi connectivity index (χ1n) is 7.91. The Morgan fingerprint density at radius 3 is 2.76 bits per heavy atom. The van der Waals surface area contributed by atoms with E-state index < -0.39 is 0 Å². The molecular formula is C15H22N6. The highest BCUT2D eigenvalue weighted by Crippen LogP contribution is 2.33. The predicted molar refractivity (Wildman–Crippen MR) is 82.3 cm³/mol. The van der Waals surface area contributed by atoms with Gasteiger partial charge in [-0.05, 0) is 32.6 Å². The normalized spacial score (nSPS) is 28.2. The van der Waals surface area contributed by atoms with Crippen molar-refractivity contribution in [2.24, 2.45) is 7.05 Å². The second-order valence-corrected chi connectivity index (χ2v) is 6.25. The molecule has 6 heteroatoms. The standard InChI is InChI=1S/C15H22N6/c1-3-21(12-6-10-4-5-11(7-12)19-10)15-13-8-18-20(2)14(13)16-9-17-15/h8-12,19H,3-7H2,1-2H3. The summed E-state index contributed by atoms with van der Waals surface area (Å²) in [7, 11) is 1.93. The minimum atomic E-state index is 0.576. The highest BCUT2D eigenvalue weighted by Gasteiger charge is 2.36. The van der Waals surface area contributed by atoms with Crippen LogP contribution in [0.2, 0.25) is 0 Å². The van der Waals surface area contributed by atoms with Crippen LogP contribution in [0.4, 0.5) is 5.82 Å². The molecule has 2 atom stereocenters. The maximum absolute atomic E-state index is 4.58. The Balaban J connectivity index is 1.71. The zero-order chi connectivity index (χ0) is 14.4. The molecule has 4 rings (SSSR count). The number of hydrogen-bond acceptors (Lipinski definition) is 5. The number of nitrogens with one attached hydrogen (secondary N) is 1. The Morgan fingerprint density at radius 2 is 2.05 bits per heavy atom. The van der Waals surface area contributed by atoms with Crippen molar-refractivity contribution in [1.82, 2.24) is 25.1 Å². The van der Waals surface area contributed by atoms with Crippen LogP contribution < -0.4 is 10.2 Å². The molecule has 0 spiro atoms. The van der Waals surface area contributed by atoms with Gasteiger partial charge in [-0.25, -0.2) is 9.97 Å². The highest BCUT2D eigenvalue weighted by atomic mass is 15.3. The second kappa shape index (κ2) is 4.94. The number of anilines is 1. The van der Waals surface area contributed by atoms with Crippen LogP contribution in [0.25, 0.3) is 11.0 Å². The van der Waals surface area contributed by atoms with Crippen LogP contribution in [0.5, 0.6) is 0 Å². The molecule has 1 N–H and O–H groups in total. The molecule has 2 bridgehead atoms. The summed E-state index contributed by atoms with van der Waals surface area (Å²) in [6.07, 6.45) is 8.64. The molecular weight excluding hydrogens is 264 g/mol. The lowest BCUT2D eigenvalue weighted by Crippen LogP contribution is -2.48. The van der Waals surface area contributed by atoms with Crippen LogP contribution in [0.1, 0.15) is 32.6 Å². The van der Waals surface area contributed by atoms with Crippen LogP contribution in [-0.2, 0) is 7.05 Å². The first-order chi connectivity index (χ1) is 10.3. The molecule has 2 aliphatic rings. The van der Waals surface area contributed by atoms with E-state index in [0.29, 0.717) is 18.1 Å². The Kier molecular flexibility index (Phi) is 3.06. The number of fused-ring (bicyclic) bond motifs is 3. The molecule has 112 valence electrons. The van der Waals surface area contributed by atoms with Gasteiger partial charge in [0.15, 0.2) is 5.65 Å². The van der Waals surface area contributed by atoms with E-state index in [1.165, 1.54) is 25.7 Å². The molecule has 0 aromatic carbocycles. The van der Waals surface area contributed by atoms with Gasteiger partial charge in [0.05, 0.1) is 11.6 Å². The van der Waals surface area contributed by atoms with Crippen LogP contribution in [0, 0.1) is 0 Å². The minimum Gasteiger partial charge on any atom is -0.353 e. The number of piperidine rings is 1. The minimum absolute atomic E-state index is 0.576. The molecule has 0 radical (unpaired) electrons. The van der Waals surface area contributed by atoms with Crippen LogP contribution in [0.3, 0.4) is 0 Å². The summed E-state index contributed by atoms with van der Waals surface area (Å²) in [5.41, 5.74) is 0.912. The molecule has 0 amide bonds. The smallest absolute Gasteiger partial charge is 0.163 e. The zero-order valence-corrected chi connectivity index (χ0v) is 12.7. The third kappa shape index (κ3) is 2.09. The SMILES string of the molecule is CCN(c1ncnc2c1cnn2C)C1CC2CCC(C1)N2. The lowest BCUT2D eigenvalue weighted by atomic mass is 9.98. The van der Waals surface area contributed by atoms with Crippen molar-refractivity contribution < 1.29 is 0 Å². The number of rotatable bonds is 3. The van der Waals surface area contributed by atoms with Gasteiger partial charge in [0.1, 0.15) is 12.1 Å². The monoisotopic (exact) mass is 286 g/mol.